The summed E-state index contributed by atoms with van der Waals surface area (Å²) in [4.78, 5) is 34.7. The lowest BCUT2D eigenvalue weighted by Crippen LogP contribution is -2.29. The first kappa shape index (κ1) is 49.0. The van der Waals surface area contributed by atoms with Crippen LogP contribution in [0.3, 0.4) is 0 Å². The minimum absolute atomic E-state index is 0.0432. The Labute approximate surface area is 311 Å². The quantitative estimate of drug-likeness (QED) is 0.0276. The van der Waals surface area contributed by atoms with Crippen LogP contribution in [0.5, 0.6) is 0 Å². The van der Waals surface area contributed by atoms with Crippen molar-refractivity contribution < 1.29 is 37.6 Å². The molecule has 0 aromatic rings. The summed E-state index contributed by atoms with van der Waals surface area (Å²) in [6, 6.07) is 0. The predicted molar refractivity (Wildman–Crippen MR) is 210 cm³/mol. The van der Waals surface area contributed by atoms with Gasteiger partial charge in [0.25, 0.3) is 0 Å². The molecule has 3 N–H and O–H groups in total. The van der Waals surface area contributed by atoms with E-state index in [-0.39, 0.29) is 32.6 Å². The number of phosphoric ester groups is 1. The maximum absolute atomic E-state index is 12.5. The number of carbonyl (C=O) groups excluding carboxylic acids is 2. The van der Waals surface area contributed by atoms with E-state index in [4.69, 9.17) is 24.3 Å². The molecule has 0 aliphatic carbocycles. The van der Waals surface area contributed by atoms with Crippen LogP contribution in [-0.2, 0) is 32.7 Å². The number of rotatable bonds is 37. The third-order valence-corrected chi connectivity index (χ3v) is 9.18. The van der Waals surface area contributed by atoms with Gasteiger partial charge in [0.05, 0.1) is 13.2 Å². The van der Waals surface area contributed by atoms with Crippen LogP contribution in [0.25, 0.3) is 0 Å². The van der Waals surface area contributed by atoms with Crippen molar-refractivity contribution >= 4 is 19.8 Å². The molecule has 10 heteroatoms. The summed E-state index contributed by atoms with van der Waals surface area (Å²) in [7, 11) is -4.39. The lowest BCUT2D eigenvalue weighted by molar-refractivity contribution is -0.161. The van der Waals surface area contributed by atoms with E-state index in [0.29, 0.717) is 12.8 Å². The fourth-order valence-corrected chi connectivity index (χ4v) is 5.95. The third kappa shape index (κ3) is 37.5. The highest BCUT2D eigenvalue weighted by molar-refractivity contribution is 7.47. The van der Waals surface area contributed by atoms with Crippen LogP contribution < -0.4 is 5.73 Å². The molecule has 0 saturated heterocycles. The van der Waals surface area contributed by atoms with Crippen LogP contribution in [0.4, 0.5) is 0 Å². The highest BCUT2D eigenvalue weighted by Crippen LogP contribution is 2.43. The van der Waals surface area contributed by atoms with Gasteiger partial charge in [-0.1, -0.05) is 140 Å². The van der Waals surface area contributed by atoms with Gasteiger partial charge in [0.2, 0.25) is 0 Å². The van der Waals surface area contributed by atoms with E-state index < -0.39 is 32.5 Å². The van der Waals surface area contributed by atoms with E-state index in [1.54, 1.807) is 0 Å². The normalized spacial score (nSPS) is 13.9. The van der Waals surface area contributed by atoms with E-state index in [1.807, 2.05) is 12.2 Å². The van der Waals surface area contributed by atoms with Gasteiger partial charge in [-0.05, 0) is 64.2 Å². The predicted octanol–water partition coefficient (Wildman–Crippen LogP) is 11.2. The third-order valence-electron chi connectivity index (χ3n) is 8.20. The van der Waals surface area contributed by atoms with Crippen molar-refractivity contribution in [1.29, 1.82) is 0 Å². The molecule has 9 nitrogen and oxygen atoms in total. The molecule has 0 fully saturated rings. The smallest absolute Gasteiger partial charge is 0.462 e. The molecule has 296 valence electrons. The zero-order valence-electron chi connectivity index (χ0n) is 32.3. The molecule has 0 aliphatic rings. The summed E-state index contributed by atoms with van der Waals surface area (Å²) < 4.78 is 32.6. The average molecular weight is 740 g/mol. The summed E-state index contributed by atoms with van der Waals surface area (Å²) >= 11 is 0. The second kappa shape index (κ2) is 37.7. The minimum Gasteiger partial charge on any atom is -0.462 e. The van der Waals surface area contributed by atoms with Crippen molar-refractivity contribution in [1.82, 2.24) is 0 Å². The van der Waals surface area contributed by atoms with Gasteiger partial charge < -0.3 is 20.1 Å². The Bertz CT molecular complexity index is 981. The van der Waals surface area contributed by atoms with Crippen molar-refractivity contribution in [3.05, 3.63) is 48.6 Å². The van der Waals surface area contributed by atoms with Crippen molar-refractivity contribution in [2.75, 3.05) is 26.4 Å². The number of hydrogen-bond acceptors (Lipinski definition) is 8. The number of nitrogens with two attached hydrogens (primary N) is 1. The Morgan fingerprint density at radius 1 is 0.588 bits per heavy atom. The zero-order valence-corrected chi connectivity index (χ0v) is 33.2. The van der Waals surface area contributed by atoms with Gasteiger partial charge in [0.1, 0.15) is 6.61 Å². The molecule has 0 spiro atoms. The molecule has 0 rings (SSSR count). The maximum Gasteiger partial charge on any atom is 0.472 e. The van der Waals surface area contributed by atoms with Crippen molar-refractivity contribution in [3.63, 3.8) is 0 Å². The fourth-order valence-electron chi connectivity index (χ4n) is 5.19. The molecule has 0 radical (unpaired) electrons. The van der Waals surface area contributed by atoms with E-state index in [1.165, 1.54) is 83.5 Å². The summed E-state index contributed by atoms with van der Waals surface area (Å²) in [6.45, 7) is 3.61. The first-order valence-corrected chi connectivity index (χ1v) is 21.6. The van der Waals surface area contributed by atoms with Gasteiger partial charge in [0, 0.05) is 19.4 Å². The molecule has 0 aromatic carbocycles. The molecular formula is C41H74NO8P. The van der Waals surface area contributed by atoms with Crippen LogP contribution in [0.1, 0.15) is 168 Å². The van der Waals surface area contributed by atoms with E-state index in [9.17, 15) is 19.0 Å². The topological polar surface area (TPSA) is 134 Å². The zero-order chi connectivity index (χ0) is 37.5. The van der Waals surface area contributed by atoms with E-state index >= 15 is 0 Å². The van der Waals surface area contributed by atoms with Crippen molar-refractivity contribution in [3.8, 4) is 0 Å². The molecular weight excluding hydrogens is 665 g/mol. The highest BCUT2D eigenvalue weighted by Gasteiger charge is 2.25. The molecule has 51 heavy (non-hydrogen) atoms. The first-order chi connectivity index (χ1) is 24.8. The summed E-state index contributed by atoms with van der Waals surface area (Å²) in [5.41, 5.74) is 5.33. The molecule has 0 heterocycles. The average Bonchev–Trinajstić information content (AvgIpc) is 3.11. The van der Waals surface area contributed by atoms with Gasteiger partial charge in [-0.15, -0.1) is 0 Å². The summed E-state index contributed by atoms with van der Waals surface area (Å²) in [5.74, 6) is -0.919. The van der Waals surface area contributed by atoms with Gasteiger partial charge in [-0.25, -0.2) is 4.57 Å². The van der Waals surface area contributed by atoms with Crippen LogP contribution >= 0.6 is 7.82 Å². The van der Waals surface area contributed by atoms with Crippen molar-refractivity contribution in [2.45, 2.75) is 174 Å². The number of carbonyl (C=O) groups is 2. The second-order valence-electron chi connectivity index (χ2n) is 13.1. The van der Waals surface area contributed by atoms with Crippen LogP contribution in [-0.4, -0.2) is 49.3 Å². The van der Waals surface area contributed by atoms with Gasteiger partial charge >= 0.3 is 19.8 Å². The molecule has 0 aromatic heterocycles. The van der Waals surface area contributed by atoms with Gasteiger partial charge in [-0.2, -0.15) is 0 Å². The number of ether oxygens (including phenoxy) is 2. The fraction of sp³-hybridized carbons (Fsp3) is 0.756. The Balaban J connectivity index is 4.27. The Morgan fingerprint density at radius 2 is 1.06 bits per heavy atom. The summed E-state index contributed by atoms with van der Waals surface area (Å²) in [5, 5.41) is 0. The molecule has 2 atom stereocenters. The second-order valence-corrected chi connectivity index (χ2v) is 14.6. The Kier molecular flexibility index (Phi) is 36.2. The van der Waals surface area contributed by atoms with Crippen molar-refractivity contribution in [2.24, 2.45) is 5.73 Å². The largest absolute Gasteiger partial charge is 0.472 e. The molecule has 0 amide bonds. The SMILES string of the molecule is CCCCC/C=C/C/C=C/CCCCCCCCCC(=O)OCC(COP(=O)(O)OCCN)OC(=O)CC/C=C/C/C=C/CCCCCCCC. The molecule has 0 bridgehead atoms. The lowest BCUT2D eigenvalue weighted by atomic mass is 10.1. The number of unbranched alkanes of at least 4 members (excludes halogenated alkanes) is 16. The number of hydrogen-bond donors (Lipinski definition) is 2. The summed E-state index contributed by atoms with van der Waals surface area (Å²) in [6.07, 6.45) is 41.5. The minimum atomic E-state index is -4.39. The maximum atomic E-state index is 12.5. The van der Waals surface area contributed by atoms with Crippen LogP contribution in [0.2, 0.25) is 0 Å². The Morgan fingerprint density at radius 3 is 1.61 bits per heavy atom. The number of esters is 2. The van der Waals surface area contributed by atoms with Gasteiger partial charge in [-0.3, -0.25) is 18.6 Å². The monoisotopic (exact) mass is 740 g/mol. The molecule has 0 aliphatic heterocycles. The lowest BCUT2D eigenvalue weighted by Gasteiger charge is -2.19. The molecule has 2 unspecified atom stereocenters. The first-order valence-electron chi connectivity index (χ1n) is 20.1. The Hall–Kier alpha value is -2.03. The van der Waals surface area contributed by atoms with Gasteiger partial charge in [0.15, 0.2) is 6.10 Å². The molecule has 0 saturated carbocycles. The van der Waals surface area contributed by atoms with Crippen LogP contribution in [0.15, 0.2) is 48.6 Å². The van der Waals surface area contributed by atoms with E-state index in [0.717, 1.165) is 44.9 Å². The number of phosphoric acid groups is 1. The standard InChI is InChI=1S/C41H74NO8P/c1-3-5-7-9-11-13-15-17-18-19-20-22-23-25-27-29-31-33-40(43)47-37-39(38-49-51(45,46)48-36-35-42)50-41(44)34-32-30-28-26-24-21-16-14-12-10-8-6-4-2/h11,13,17-18,21,24,28,30,39H,3-10,12,14-16,19-20,22-23,25-27,29,31-38,42H2,1-2H3,(H,45,46)/b13-11+,18-17+,24-21+,30-28+. The number of allylic oxidation sites excluding steroid dienone is 8. The highest BCUT2D eigenvalue weighted by atomic mass is 31.2. The van der Waals surface area contributed by atoms with E-state index in [2.05, 4.69) is 50.3 Å². The van der Waals surface area contributed by atoms with Crippen LogP contribution in [0, 0.1) is 0 Å².